The number of hydrogen-bond donors (Lipinski definition) is 6. The molecule has 0 spiro atoms. The van der Waals surface area contributed by atoms with Gasteiger partial charge < -0.3 is 47.4 Å². The van der Waals surface area contributed by atoms with Gasteiger partial charge >= 0.3 is 51.4 Å². The third-order valence-corrected chi connectivity index (χ3v) is 6.34. The fourth-order valence-corrected chi connectivity index (χ4v) is 4.29. The van der Waals surface area contributed by atoms with Crippen molar-refractivity contribution in [1.29, 1.82) is 5.41 Å². The summed E-state index contributed by atoms with van der Waals surface area (Å²) in [5.41, 5.74) is 5.42. The Morgan fingerprint density at radius 1 is 1.43 bits per heavy atom. The summed E-state index contributed by atoms with van der Waals surface area (Å²) in [5.74, 6) is -0.652. The zero-order chi connectivity index (χ0) is 30.3. The minimum Gasteiger partial charge on any atom is -0.492 e. The molecule has 3 heterocycles. The van der Waals surface area contributed by atoms with Crippen molar-refractivity contribution in [2.45, 2.75) is 31.8 Å². The second-order valence-corrected chi connectivity index (χ2v) is 9.76. The minimum absolute atomic E-state index is 0. The molecule has 2 aromatic rings. The van der Waals surface area contributed by atoms with Crippen LogP contribution in [0.15, 0.2) is 34.8 Å². The third-order valence-electron chi connectivity index (χ3n) is 5.45. The van der Waals surface area contributed by atoms with E-state index >= 15 is 0 Å². The van der Waals surface area contributed by atoms with Gasteiger partial charge in [0.15, 0.2) is 29.8 Å². The molecule has 2 aliphatic rings. The normalized spacial score (nSPS) is 16.7. The van der Waals surface area contributed by atoms with Gasteiger partial charge in [-0.1, -0.05) is 23.5 Å². The summed E-state index contributed by atoms with van der Waals surface area (Å²) in [5, 5.41) is 26.3. The average Bonchev–Trinajstić information content (AvgIpc) is 3.68. The largest absolute Gasteiger partial charge is 1.00 e. The summed E-state index contributed by atoms with van der Waals surface area (Å²) in [6, 6.07) is 5.84. The van der Waals surface area contributed by atoms with Gasteiger partial charge in [-0.25, -0.2) is 4.98 Å². The van der Waals surface area contributed by atoms with E-state index in [1.807, 2.05) is 0 Å². The number of rotatable bonds is 11. The fourth-order valence-electron chi connectivity index (χ4n) is 3.41. The first-order valence-corrected chi connectivity index (χ1v) is 13.6. The first kappa shape index (κ1) is 37.9. The second-order valence-electron chi connectivity index (χ2n) is 8.57. The number of nitrogen functional groups attached to an aromatic ring is 1. The number of β-lactam (4-membered cyclic amide) rings is 1. The molecule has 2 aliphatic heterocycles. The molecule has 7 N–H and O–H groups in total. The summed E-state index contributed by atoms with van der Waals surface area (Å²) in [4.78, 5) is 42.8. The molecular formula is C24H31KN7O8S2-. The zero-order valence-electron chi connectivity index (χ0n) is 23.2. The number of oxime groups is 1. The van der Waals surface area contributed by atoms with Crippen molar-refractivity contribution in [2.24, 2.45) is 5.16 Å². The minimum atomic E-state index is -0.914. The first-order chi connectivity index (χ1) is 19.7. The summed E-state index contributed by atoms with van der Waals surface area (Å²) >= 11 is 1.16. The fraction of sp³-hybridized carbons (Fsp3) is 0.375. The number of carboxylic acid groups (broad SMARTS) is 1. The number of hydrogen-bond acceptors (Lipinski definition) is 14. The first-order valence-electron chi connectivity index (χ1n) is 12.0. The number of amides is 2. The average molecular weight is 649 g/mol. The number of nitrogens with one attached hydrogen (secondary N) is 3. The van der Waals surface area contributed by atoms with E-state index < -0.39 is 23.4 Å². The molecule has 1 unspecified atom stereocenters. The molecule has 1 atom stereocenters. The van der Waals surface area contributed by atoms with Gasteiger partial charge in [0.05, 0.1) is 11.3 Å². The van der Waals surface area contributed by atoms with Crippen LogP contribution >= 0.6 is 23.7 Å². The molecule has 0 radical (unpaired) electrons. The number of ether oxygens (including phenoxy) is 1. The van der Waals surface area contributed by atoms with Crippen molar-refractivity contribution < 1.29 is 89.3 Å². The monoisotopic (exact) mass is 648 g/mol. The van der Waals surface area contributed by atoms with Crippen molar-refractivity contribution in [2.75, 3.05) is 32.0 Å². The topological polar surface area (TPSA) is 222 Å². The van der Waals surface area contributed by atoms with E-state index in [0.29, 0.717) is 11.3 Å². The van der Waals surface area contributed by atoms with Gasteiger partial charge in [0.2, 0.25) is 0 Å². The van der Waals surface area contributed by atoms with E-state index in [0.717, 1.165) is 22.9 Å². The molecule has 18 heteroatoms. The van der Waals surface area contributed by atoms with Gasteiger partial charge in [0.25, 0.3) is 18.3 Å². The molecule has 2 saturated heterocycles. The Bertz CT molecular complexity index is 1170. The van der Waals surface area contributed by atoms with Gasteiger partial charge in [-0.05, 0) is 20.4 Å². The maximum atomic E-state index is 12.9. The van der Waals surface area contributed by atoms with Gasteiger partial charge in [0.1, 0.15) is 18.3 Å². The van der Waals surface area contributed by atoms with Crippen LogP contribution in [0.5, 0.6) is 5.75 Å². The number of aromatic nitrogens is 1. The Morgan fingerprint density at radius 3 is 2.60 bits per heavy atom. The van der Waals surface area contributed by atoms with Crippen molar-refractivity contribution in [3.8, 4) is 5.75 Å². The third kappa shape index (κ3) is 11.5. The van der Waals surface area contributed by atoms with E-state index in [1.165, 1.54) is 13.0 Å². The number of thiazole rings is 1. The number of nitrogens with two attached hydrogens (primary N) is 1. The Morgan fingerprint density at radius 2 is 2.12 bits per heavy atom. The molecule has 224 valence electrons. The molecule has 0 aliphatic carbocycles. The summed E-state index contributed by atoms with van der Waals surface area (Å²) < 4.78 is 19.2. The summed E-state index contributed by atoms with van der Waals surface area (Å²) in [7, 11) is 0. The zero-order valence-corrected chi connectivity index (χ0v) is 28.0. The molecular weight excluding hydrogens is 618 g/mol. The van der Waals surface area contributed by atoms with Crippen LogP contribution in [-0.4, -0.2) is 87.8 Å². The van der Waals surface area contributed by atoms with Crippen LogP contribution in [0.3, 0.4) is 0 Å². The summed E-state index contributed by atoms with van der Waals surface area (Å²) in [6.07, 6.45) is 5.78. The number of anilines is 1. The molecule has 42 heavy (non-hydrogen) atoms. The Hall–Kier alpha value is -2.13. The smallest absolute Gasteiger partial charge is 0.492 e. The van der Waals surface area contributed by atoms with E-state index in [9.17, 15) is 9.59 Å². The van der Waals surface area contributed by atoms with Gasteiger partial charge in [-0.3, -0.25) is 14.4 Å². The Balaban J connectivity index is 0.000000856. The number of nitrogens with zero attached hydrogens (tertiary/aromatic N) is 3. The number of hydroxylamine groups is 2. The van der Waals surface area contributed by atoms with E-state index in [2.05, 4.69) is 33.4 Å². The molecule has 2 fully saturated rings. The van der Waals surface area contributed by atoms with Crippen LogP contribution in [0, 0.1) is 11.8 Å². The SMILES string of the molecule is CC1(C)C(NC(=O)/C(=N\OCCOc2ccc([C-]=N)cc2)c2csc(N)n2)C(=O)N1OSO.O=CO.[CH-]1CCNC1.[K+]. The molecule has 2 amide bonds. The molecule has 15 nitrogen and oxygen atoms in total. The molecule has 0 saturated carbocycles. The predicted octanol–water partition coefficient (Wildman–Crippen LogP) is -1.55. The number of benzene rings is 1. The van der Waals surface area contributed by atoms with E-state index in [1.54, 1.807) is 43.5 Å². The summed E-state index contributed by atoms with van der Waals surface area (Å²) in [6.45, 7) is 5.56. The number of carbonyl (C=O) groups is 3. The van der Waals surface area contributed by atoms with E-state index in [4.69, 9.17) is 39.5 Å². The maximum absolute atomic E-state index is 12.9. The van der Waals surface area contributed by atoms with E-state index in [-0.39, 0.29) is 99.9 Å². The van der Waals surface area contributed by atoms with Crippen LogP contribution in [0.1, 0.15) is 31.5 Å². The molecule has 1 aromatic heterocycles. The van der Waals surface area contributed by atoms with Gasteiger partial charge in [0, 0.05) is 5.38 Å². The quantitative estimate of drug-likeness (QED) is 0.0238. The molecule has 4 rings (SSSR count). The number of carbonyl (C=O) groups excluding carboxylic acids is 2. The predicted molar refractivity (Wildman–Crippen MR) is 152 cm³/mol. The van der Waals surface area contributed by atoms with Crippen LogP contribution in [-0.2, 0) is 23.5 Å². The van der Waals surface area contributed by atoms with Crippen LogP contribution in [0.4, 0.5) is 5.13 Å². The van der Waals surface area contributed by atoms with Crippen molar-refractivity contribution in [3.05, 3.63) is 47.3 Å². The Labute approximate surface area is 293 Å². The van der Waals surface area contributed by atoms with Crippen LogP contribution in [0.2, 0.25) is 0 Å². The van der Waals surface area contributed by atoms with Gasteiger partial charge in [-0.15, -0.1) is 17.9 Å². The molecule has 1 aromatic carbocycles. The maximum Gasteiger partial charge on any atom is 1.00 e. The van der Waals surface area contributed by atoms with Gasteiger partial charge in [-0.2, -0.15) is 33.5 Å². The van der Waals surface area contributed by atoms with Crippen LogP contribution < -0.4 is 72.5 Å². The van der Waals surface area contributed by atoms with Crippen molar-refractivity contribution >= 4 is 59.0 Å². The molecule has 0 bridgehead atoms. The van der Waals surface area contributed by atoms with Crippen molar-refractivity contribution in [1.82, 2.24) is 20.7 Å². The Kier molecular flexibility index (Phi) is 18.0. The van der Waals surface area contributed by atoms with Crippen LogP contribution in [0.25, 0.3) is 0 Å². The standard InChI is InChI=1S/C19H21N6O6S2.C4H8N.CH2O2.K/c1-19(2)15(17(27)25(19)31-33-28)23-16(26)14(13-10-32-18(21)22-13)24-30-8-7-29-12-5-3-11(9-20)4-6-12;1-2-4-5-3-1;2-1-3;/h3-6,10,15,20,28H,7-8H2,1-2H3,(H2,21,22)(H,23,26);1,5H,2-4H2;1H,(H,2,3);/q2*-1;;+1/b24-14-;;;. The van der Waals surface area contributed by atoms with Crippen molar-refractivity contribution in [3.63, 3.8) is 0 Å². The second kappa shape index (κ2) is 19.9.